The van der Waals surface area contributed by atoms with Gasteiger partial charge in [0.1, 0.15) is 5.76 Å². The third-order valence-corrected chi connectivity index (χ3v) is 3.02. The summed E-state index contributed by atoms with van der Waals surface area (Å²) in [4.78, 5) is 23.4. The minimum absolute atomic E-state index is 0.185. The van der Waals surface area contributed by atoms with Gasteiger partial charge in [0.2, 0.25) is 0 Å². The van der Waals surface area contributed by atoms with Gasteiger partial charge in [-0.05, 0) is 18.4 Å². The van der Waals surface area contributed by atoms with Gasteiger partial charge in [0, 0.05) is 6.42 Å². The fourth-order valence-corrected chi connectivity index (χ4v) is 1.94. The molecule has 1 aromatic rings. The average molecular weight is 292 g/mol. The van der Waals surface area contributed by atoms with E-state index in [4.69, 9.17) is 4.74 Å². The van der Waals surface area contributed by atoms with Crippen molar-refractivity contribution in [3.05, 3.63) is 47.2 Å². The quantitative estimate of drug-likeness (QED) is 0.254. The molecule has 0 aliphatic heterocycles. The first kappa shape index (κ1) is 16.8. The molecular weight excluding hydrogens is 272 g/mol. The monoisotopic (exact) mass is 292 g/mol. The molecule has 0 unspecified atom stereocenters. The molecule has 0 spiro atoms. The van der Waals surface area contributed by atoms with Gasteiger partial charge in [0.15, 0.2) is 5.57 Å². The molecule has 0 atom stereocenters. The van der Waals surface area contributed by atoms with E-state index < -0.39 is 11.9 Å². The maximum atomic E-state index is 11.7. The van der Waals surface area contributed by atoms with Crippen LogP contribution >= 0.6 is 0 Å². The lowest BCUT2D eigenvalue weighted by atomic mass is 10.1. The number of hydrogen-bond donors (Lipinski definition) is 0. The Bertz CT molecular complexity index is 487. The minimum Gasteiger partial charge on any atom is -0.500 e. The Labute approximate surface area is 124 Å². The van der Waals surface area contributed by atoms with E-state index in [-0.39, 0.29) is 11.3 Å². The molecule has 0 aliphatic rings. The Morgan fingerprint density at radius 2 is 1.48 bits per heavy atom. The van der Waals surface area contributed by atoms with Crippen LogP contribution in [0, 0.1) is 0 Å². The van der Waals surface area contributed by atoms with E-state index in [1.54, 1.807) is 0 Å². The summed E-state index contributed by atoms with van der Waals surface area (Å²) in [5, 5.41) is 0. The van der Waals surface area contributed by atoms with Crippen molar-refractivity contribution in [2.75, 3.05) is 21.3 Å². The van der Waals surface area contributed by atoms with Crippen LogP contribution in [0.4, 0.5) is 0 Å². The predicted molar refractivity (Wildman–Crippen MR) is 77.4 cm³/mol. The lowest BCUT2D eigenvalue weighted by Gasteiger charge is -2.11. The lowest BCUT2D eigenvalue weighted by Crippen LogP contribution is -2.19. The number of allylic oxidation sites excluding steroid dienone is 1. The smallest absolute Gasteiger partial charge is 0.348 e. The van der Waals surface area contributed by atoms with Crippen molar-refractivity contribution in [3.8, 4) is 0 Å². The van der Waals surface area contributed by atoms with Gasteiger partial charge < -0.3 is 14.2 Å². The molecule has 0 saturated carbocycles. The van der Waals surface area contributed by atoms with Crippen molar-refractivity contribution >= 4 is 11.9 Å². The first-order valence-electron chi connectivity index (χ1n) is 6.61. The van der Waals surface area contributed by atoms with Crippen LogP contribution in [-0.2, 0) is 30.2 Å². The van der Waals surface area contributed by atoms with Gasteiger partial charge in [-0.25, -0.2) is 9.59 Å². The van der Waals surface area contributed by atoms with Crippen molar-refractivity contribution < 1.29 is 23.8 Å². The normalized spacial score (nSPS) is 9.67. The van der Waals surface area contributed by atoms with E-state index in [2.05, 4.69) is 9.47 Å². The highest BCUT2D eigenvalue weighted by atomic mass is 16.5. The zero-order chi connectivity index (χ0) is 15.7. The van der Waals surface area contributed by atoms with E-state index in [0.29, 0.717) is 6.42 Å². The van der Waals surface area contributed by atoms with E-state index in [1.165, 1.54) is 26.9 Å². The van der Waals surface area contributed by atoms with Crippen LogP contribution in [0.15, 0.2) is 41.7 Å². The van der Waals surface area contributed by atoms with Crippen LogP contribution < -0.4 is 0 Å². The third kappa shape index (κ3) is 4.95. The highest BCUT2D eigenvalue weighted by Crippen LogP contribution is 2.17. The van der Waals surface area contributed by atoms with E-state index >= 15 is 0 Å². The third-order valence-electron chi connectivity index (χ3n) is 3.02. The number of aryl methyl sites for hydroxylation is 1. The summed E-state index contributed by atoms with van der Waals surface area (Å²) < 4.78 is 14.4. The fraction of sp³-hybridized carbons (Fsp3) is 0.375. The van der Waals surface area contributed by atoms with E-state index in [9.17, 15) is 9.59 Å². The standard InChI is InChI=1S/C16H20O5/c1-19-13(14(15(17)20-2)16(18)21-3)11-7-10-12-8-5-4-6-9-12/h4-6,8-9H,7,10-11H2,1-3H3. The Kier molecular flexibility index (Phi) is 7.01. The van der Waals surface area contributed by atoms with Crippen molar-refractivity contribution in [2.24, 2.45) is 0 Å². The Morgan fingerprint density at radius 3 is 1.95 bits per heavy atom. The summed E-state index contributed by atoms with van der Waals surface area (Å²) >= 11 is 0. The van der Waals surface area contributed by atoms with Crippen LogP contribution in [0.5, 0.6) is 0 Å². The topological polar surface area (TPSA) is 61.8 Å². The van der Waals surface area contributed by atoms with Crippen molar-refractivity contribution in [1.29, 1.82) is 0 Å². The molecule has 1 rings (SSSR count). The first-order chi connectivity index (χ1) is 10.1. The maximum Gasteiger partial charge on any atom is 0.348 e. The molecule has 0 bridgehead atoms. The molecule has 0 fully saturated rings. The van der Waals surface area contributed by atoms with Crippen LogP contribution in [0.3, 0.4) is 0 Å². The average Bonchev–Trinajstić information content (AvgIpc) is 2.53. The number of methoxy groups -OCH3 is 3. The van der Waals surface area contributed by atoms with E-state index in [0.717, 1.165) is 12.8 Å². The molecule has 114 valence electrons. The second kappa shape index (κ2) is 8.79. The number of ether oxygens (including phenoxy) is 3. The Hall–Kier alpha value is -2.30. The number of hydrogen-bond acceptors (Lipinski definition) is 5. The van der Waals surface area contributed by atoms with Gasteiger partial charge in [-0.1, -0.05) is 30.3 Å². The van der Waals surface area contributed by atoms with Crippen molar-refractivity contribution in [1.82, 2.24) is 0 Å². The SMILES string of the molecule is COC(=O)C(C(=O)OC)=C(CCCc1ccccc1)OC. The number of carbonyl (C=O) groups excluding carboxylic acids is 2. The zero-order valence-electron chi connectivity index (χ0n) is 12.5. The molecule has 21 heavy (non-hydrogen) atoms. The number of carbonyl (C=O) groups is 2. The Balaban J connectivity index is 2.79. The molecule has 0 saturated heterocycles. The number of benzene rings is 1. The molecule has 1 aromatic carbocycles. The summed E-state index contributed by atoms with van der Waals surface area (Å²) in [5.74, 6) is -1.22. The number of esters is 2. The first-order valence-corrected chi connectivity index (χ1v) is 6.61. The molecule has 5 heteroatoms. The number of rotatable bonds is 7. The van der Waals surface area contributed by atoms with Gasteiger partial charge in [-0.15, -0.1) is 0 Å². The molecule has 0 amide bonds. The van der Waals surface area contributed by atoms with Crippen LogP contribution in [0.25, 0.3) is 0 Å². The van der Waals surface area contributed by atoms with E-state index in [1.807, 2.05) is 30.3 Å². The highest BCUT2D eigenvalue weighted by molar-refractivity contribution is 6.14. The summed E-state index contributed by atoms with van der Waals surface area (Å²) in [7, 11) is 3.84. The van der Waals surface area contributed by atoms with Gasteiger partial charge in [0.25, 0.3) is 0 Å². The molecule has 0 aliphatic carbocycles. The van der Waals surface area contributed by atoms with Gasteiger partial charge >= 0.3 is 11.9 Å². The van der Waals surface area contributed by atoms with Crippen molar-refractivity contribution in [2.45, 2.75) is 19.3 Å². The second-order valence-corrected chi connectivity index (χ2v) is 4.32. The van der Waals surface area contributed by atoms with Crippen LogP contribution in [0.2, 0.25) is 0 Å². The van der Waals surface area contributed by atoms with Gasteiger partial charge in [0.05, 0.1) is 21.3 Å². The summed E-state index contributed by atoms with van der Waals surface area (Å²) in [6.07, 6.45) is 2.01. The fourth-order valence-electron chi connectivity index (χ4n) is 1.94. The summed E-state index contributed by atoms with van der Waals surface area (Å²) in [6.45, 7) is 0. The lowest BCUT2D eigenvalue weighted by molar-refractivity contribution is -0.144. The molecule has 0 N–H and O–H groups in total. The summed E-state index contributed by atoms with van der Waals surface area (Å²) in [5.41, 5.74) is 1.00. The predicted octanol–water partition coefficient (Wildman–Crippen LogP) is 2.26. The van der Waals surface area contributed by atoms with Crippen molar-refractivity contribution in [3.63, 3.8) is 0 Å². The van der Waals surface area contributed by atoms with Gasteiger partial charge in [-0.3, -0.25) is 0 Å². The van der Waals surface area contributed by atoms with Crippen LogP contribution in [-0.4, -0.2) is 33.3 Å². The maximum absolute atomic E-state index is 11.7. The molecular formula is C16H20O5. The Morgan fingerprint density at radius 1 is 0.905 bits per heavy atom. The second-order valence-electron chi connectivity index (χ2n) is 4.32. The minimum atomic E-state index is -0.751. The zero-order valence-corrected chi connectivity index (χ0v) is 12.5. The molecule has 0 aromatic heterocycles. The molecule has 0 heterocycles. The van der Waals surface area contributed by atoms with Crippen LogP contribution in [0.1, 0.15) is 18.4 Å². The highest BCUT2D eigenvalue weighted by Gasteiger charge is 2.25. The molecule has 0 radical (unpaired) electrons. The van der Waals surface area contributed by atoms with Gasteiger partial charge in [-0.2, -0.15) is 0 Å². The molecule has 5 nitrogen and oxygen atoms in total. The largest absolute Gasteiger partial charge is 0.500 e. The summed E-state index contributed by atoms with van der Waals surface area (Å²) in [6, 6.07) is 9.94.